The van der Waals surface area contributed by atoms with Gasteiger partial charge < -0.3 is 15.9 Å². The number of carboxylic acid groups (broad SMARTS) is 2. The molecule has 0 saturated carbocycles. The molecule has 2 aromatic heterocycles. The molecule has 0 aliphatic heterocycles. The first-order valence-electron chi connectivity index (χ1n) is 7.02. The number of nitrogens with one attached hydrogen (secondary N) is 1. The number of carbonyl (C=O) groups excluding carboxylic acids is 2. The molecular weight excluding hydrogens is 358 g/mol. The Labute approximate surface area is 153 Å². The molecule has 2 aromatic rings. The molecule has 11 heteroatoms. The van der Waals surface area contributed by atoms with E-state index in [1.165, 1.54) is 18.6 Å². The van der Waals surface area contributed by atoms with Crippen LogP contribution in [-0.2, 0) is 9.59 Å². The number of aliphatic carboxylic acids is 2. The molecule has 0 bridgehead atoms. The number of rotatable bonds is 4. The second-order valence-corrected chi connectivity index (χ2v) is 4.33. The molecule has 0 unspecified atom stereocenters. The number of hydrogen-bond acceptors (Lipinski definition) is 7. The fourth-order valence-corrected chi connectivity index (χ4v) is 1.24. The highest BCUT2D eigenvalue weighted by Gasteiger charge is 1.99. The maximum absolute atomic E-state index is 10.7. The molecule has 2 amide bonds. The molecule has 2 heterocycles. The third-order valence-electron chi connectivity index (χ3n) is 2.39. The van der Waals surface area contributed by atoms with Gasteiger partial charge in [0.15, 0.2) is 0 Å². The largest absolute Gasteiger partial charge is 0.478 e. The molecule has 0 aliphatic carbocycles. The van der Waals surface area contributed by atoms with Gasteiger partial charge in [-0.15, -0.1) is 0 Å². The third kappa shape index (κ3) is 12.0. The van der Waals surface area contributed by atoms with Gasteiger partial charge in [0.1, 0.15) is 0 Å². The predicted molar refractivity (Wildman–Crippen MR) is 93.1 cm³/mol. The lowest BCUT2D eigenvalue weighted by atomic mass is 10.3. The Hall–Kier alpha value is -4.12. The van der Waals surface area contributed by atoms with Crippen molar-refractivity contribution in [1.82, 2.24) is 15.4 Å². The van der Waals surface area contributed by atoms with Crippen molar-refractivity contribution in [2.75, 3.05) is 0 Å². The van der Waals surface area contributed by atoms with Crippen LogP contribution in [0.2, 0.25) is 0 Å². The number of nitrogens with zero attached hydrogens (tertiary/aromatic N) is 2. The molecular formula is C16H17N5O6. The van der Waals surface area contributed by atoms with Crippen molar-refractivity contribution in [2.24, 2.45) is 11.6 Å². The number of nitrogens with two attached hydrogens (primary N) is 2. The first-order chi connectivity index (χ1) is 12.8. The van der Waals surface area contributed by atoms with Crippen LogP contribution in [0.5, 0.6) is 0 Å². The monoisotopic (exact) mass is 375 g/mol. The van der Waals surface area contributed by atoms with Gasteiger partial charge in [-0.1, -0.05) is 0 Å². The number of aromatic nitrogens is 2. The van der Waals surface area contributed by atoms with E-state index in [9.17, 15) is 19.2 Å². The van der Waals surface area contributed by atoms with Crippen LogP contribution in [0.1, 0.15) is 20.7 Å². The molecule has 2 rings (SSSR count). The SMILES string of the molecule is NC(=O)c1cccnc1.NNC(=O)c1ccncc1.O=C(O)/C=C/C(=O)O. The van der Waals surface area contributed by atoms with E-state index in [0.717, 1.165) is 0 Å². The summed E-state index contributed by atoms with van der Waals surface area (Å²) in [6.07, 6.45) is 7.20. The summed E-state index contributed by atoms with van der Waals surface area (Å²) in [7, 11) is 0. The van der Waals surface area contributed by atoms with E-state index >= 15 is 0 Å². The van der Waals surface area contributed by atoms with Crippen molar-refractivity contribution in [2.45, 2.75) is 0 Å². The van der Waals surface area contributed by atoms with E-state index in [1.807, 2.05) is 5.43 Å². The Morgan fingerprint density at radius 3 is 1.78 bits per heavy atom. The molecule has 0 fully saturated rings. The van der Waals surface area contributed by atoms with Gasteiger partial charge in [-0.3, -0.25) is 25.0 Å². The highest BCUT2D eigenvalue weighted by Crippen LogP contribution is 1.93. The minimum absolute atomic E-state index is 0.303. The molecule has 0 atom stereocenters. The van der Waals surface area contributed by atoms with E-state index in [4.69, 9.17) is 21.8 Å². The number of carbonyl (C=O) groups is 4. The van der Waals surface area contributed by atoms with Gasteiger partial charge in [-0.2, -0.15) is 0 Å². The lowest BCUT2D eigenvalue weighted by molar-refractivity contribution is -0.134. The van der Waals surface area contributed by atoms with Gasteiger partial charge >= 0.3 is 11.9 Å². The smallest absolute Gasteiger partial charge is 0.328 e. The standard InChI is InChI=1S/C6H7N3O.C6H6N2O.C4H4O4/c7-9-6(10)5-1-3-8-4-2-5;7-6(9)5-2-1-3-8-4-5;5-3(6)1-2-4(7)8/h1-4H,7H2,(H,9,10);1-4H,(H2,7,9);1-2H,(H,5,6)(H,7,8)/b;;2-1+. The molecule has 27 heavy (non-hydrogen) atoms. The molecule has 0 aliphatic rings. The van der Waals surface area contributed by atoms with Gasteiger partial charge in [0, 0.05) is 42.5 Å². The summed E-state index contributed by atoms with van der Waals surface area (Å²) >= 11 is 0. The summed E-state index contributed by atoms with van der Waals surface area (Å²) in [6, 6.07) is 6.46. The number of primary amides is 1. The Morgan fingerprint density at radius 1 is 0.889 bits per heavy atom. The second-order valence-electron chi connectivity index (χ2n) is 4.33. The number of nitrogen functional groups attached to an aromatic ring is 1. The van der Waals surface area contributed by atoms with Crippen LogP contribution in [0.25, 0.3) is 0 Å². The Balaban J connectivity index is 0.000000379. The minimum Gasteiger partial charge on any atom is -0.478 e. The molecule has 11 nitrogen and oxygen atoms in total. The van der Waals surface area contributed by atoms with Crippen molar-refractivity contribution in [3.63, 3.8) is 0 Å². The second kappa shape index (κ2) is 13.2. The van der Waals surface area contributed by atoms with Crippen LogP contribution in [0.4, 0.5) is 0 Å². The van der Waals surface area contributed by atoms with Gasteiger partial charge in [-0.25, -0.2) is 15.4 Å². The van der Waals surface area contributed by atoms with Crippen molar-refractivity contribution in [3.05, 3.63) is 72.3 Å². The fourth-order valence-electron chi connectivity index (χ4n) is 1.24. The van der Waals surface area contributed by atoms with E-state index in [1.54, 1.807) is 30.5 Å². The molecule has 0 spiro atoms. The van der Waals surface area contributed by atoms with Crippen molar-refractivity contribution in [1.29, 1.82) is 0 Å². The maximum atomic E-state index is 10.7. The van der Waals surface area contributed by atoms with Crippen LogP contribution in [0, 0.1) is 0 Å². The predicted octanol–water partition coefficient (Wildman–Crippen LogP) is -0.423. The van der Waals surface area contributed by atoms with Gasteiger partial charge in [0.2, 0.25) is 5.91 Å². The highest BCUT2D eigenvalue weighted by atomic mass is 16.4. The van der Waals surface area contributed by atoms with Gasteiger partial charge in [0.05, 0.1) is 5.56 Å². The zero-order chi connectivity index (χ0) is 20.7. The minimum atomic E-state index is -1.26. The zero-order valence-electron chi connectivity index (χ0n) is 13.9. The topological polar surface area (TPSA) is 199 Å². The summed E-state index contributed by atoms with van der Waals surface area (Å²) in [5, 5.41) is 15.6. The average Bonchev–Trinajstić information content (AvgIpc) is 2.68. The molecule has 7 N–H and O–H groups in total. The van der Waals surface area contributed by atoms with Gasteiger partial charge in [0.25, 0.3) is 5.91 Å². The quantitative estimate of drug-likeness (QED) is 0.204. The van der Waals surface area contributed by atoms with Gasteiger partial charge in [-0.05, 0) is 24.3 Å². The maximum Gasteiger partial charge on any atom is 0.328 e. The average molecular weight is 375 g/mol. The third-order valence-corrected chi connectivity index (χ3v) is 2.39. The van der Waals surface area contributed by atoms with E-state index in [0.29, 0.717) is 23.3 Å². The molecule has 0 aromatic carbocycles. The zero-order valence-corrected chi connectivity index (χ0v) is 13.9. The Kier molecular flexibility index (Phi) is 11.2. The number of carboxylic acids is 2. The van der Waals surface area contributed by atoms with E-state index in [2.05, 4.69) is 9.97 Å². The first-order valence-corrected chi connectivity index (χ1v) is 7.02. The number of amides is 2. The lowest BCUT2D eigenvalue weighted by Gasteiger charge is -1.95. The summed E-state index contributed by atoms with van der Waals surface area (Å²) < 4.78 is 0. The van der Waals surface area contributed by atoms with Crippen molar-refractivity contribution >= 4 is 23.8 Å². The highest BCUT2D eigenvalue weighted by molar-refractivity contribution is 5.93. The van der Waals surface area contributed by atoms with E-state index in [-0.39, 0.29) is 5.91 Å². The summed E-state index contributed by atoms with van der Waals surface area (Å²) in [6.45, 7) is 0. The molecule has 142 valence electrons. The first kappa shape index (κ1) is 22.9. The number of hydrazine groups is 1. The summed E-state index contributed by atoms with van der Waals surface area (Å²) in [5.41, 5.74) is 7.90. The lowest BCUT2D eigenvalue weighted by Crippen LogP contribution is -2.29. The summed E-state index contributed by atoms with van der Waals surface area (Å²) in [5.74, 6) is 1.63. The van der Waals surface area contributed by atoms with Crippen molar-refractivity contribution < 1.29 is 29.4 Å². The summed E-state index contributed by atoms with van der Waals surface area (Å²) in [4.78, 5) is 47.7. The normalized spacial score (nSPS) is 9.07. The van der Waals surface area contributed by atoms with Crippen LogP contribution < -0.4 is 17.0 Å². The van der Waals surface area contributed by atoms with Crippen LogP contribution in [-0.4, -0.2) is 43.9 Å². The van der Waals surface area contributed by atoms with Crippen LogP contribution in [0.3, 0.4) is 0 Å². The van der Waals surface area contributed by atoms with E-state index < -0.39 is 17.8 Å². The Bertz CT molecular complexity index is 764. The Morgan fingerprint density at radius 2 is 1.44 bits per heavy atom. The molecule has 0 radical (unpaired) electrons. The van der Waals surface area contributed by atoms with Crippen LogP contribution >= 0.6 is 0 Å². The van der Waals surface area contributed by atoms with Crippen LogP contribution in [0.15, 0.2) is 61.2 Å². The molecule has 0 saturated heterocycles. The van der Waals surface area contributed by atoms with Crippen molar-refractivity contribution in [3.8, 4) is 0 Å². The fraction of sp³-hybridized carbons (Fsp3) is 0. The number of pyridine rings is 2. The number of hydrogen-bond donors (Lipinski definition) is 5.